The highest BCUT2D eigenvalue weighted by atomic mass is 19.2. The van der Waals surface area contributed by atoms with Crippen molar-refractivity contribution in [3.05, 3.63) is 24.0 Å². The van der Waals surface area contributed by atoms with Gasteiger partial charge in [0, 0.05) is 30.6 Å². The SMILES string of the molecule is CNc1ccc2c(c1)nc(C(C)(C)C)n2CC1CCCC(F)C1F. The number of fused-ring (bicyclic) bond motifs is 1. The van der Waals surface area contributed by atoms with Gasteiger partial charge in [-0.25, -0.2) is 13.8 Å². The van der Waals surface area contributed by atoms with Crippen LogP contribution in [0.3, 0.4) is 0 Å². The summed E-state index contributed by atoms with van der Waals surface area (Å²) in [6, 6.07) is 6.03. The molecule has 1 aliphatic rings. The monoisotopic (exact) mass is 335 g/mol. The van der Waals surface area contributed by atoms with Crippen LogP contribution in [0.2, 0.25) is 0 Å². The maximum Gasteiger partial charge on any atom is 0.136 e. The van der Waals surface area contributed by atoms with E-state index in [1.807, 2.05) is 25.2 Å². The van der Waals surface area contributed by atoms with E-state index in [0.717, 1.165) is 35.4 Å². The van der Waals surface area contributed by atoms with Crippen molar-refractivity contribution in [2.24, 2.45) is 5.92 Å². The number of aromatic nitrogens is 2. The van der Waals surface area contributed by atoms with Gasteiger partial charge in [-0.1, -0.05) is 20.8 Å². The Kier molecular flexibility index (Phi) is 4.54. The molecule has 1 aromatic carbocycles. The van der Waals surface area contributed by atoms with Crippen molar-refractivity contribution in [3.63, 3.8) is 0 Å². The molecule has 2 aromatic rings. The van der Waals surface area contributed by atoms with Crippen molar-refractivity contribution in [2.75, 3.05) is 12.4 Å². The van der Waals surface area contributed by atoms with Crippen LogP contribution < -0.4 is 5.32 Å². The molecule has 1 fully saturated rings. The molecule has 3 rings (SSSR count). The third-order valence-corrected chi connectivity index (χ3v) is 4.98. The topological polar surface area (TPSA) is 29.9 Å². The molecule has 0 amide bonds. The van der Waals surface area contributed by atoms with E-state index in [9.17, 15) is 8.78 Å². The number of benzene rings is 1. The summed E-state index contributed by atoms with van der Waals surface area (Å²) in [7, 11) is 1.87. The van der Waals surface area contributed by atoms with Gasteiger partial charge in [0.15, 0.2) is 0 Å². The Morgan fingerprint density at radius 3 is 2.67 bits per heavy atom. The lowest BCUT2D eigenvalue weighted by Gasteiger charge is -2.30. The first-order chi connectivity index (χ1) is 11.3. The predicted molar refractivity (Wildman–Crippen MR) is 95.1 cm³/mol. The molecule has 0 bridgehead atoms. The minimum Gasteiger partial charge on any atom is -0.388 e. The molecule has 0 spiro atoms. The first kappa shape index (κ1) is 17.2. The summed E-state index contributed by atoms with van der Waals surface area (Å²) in [4.78, 5) is 4.81. The van der Waals surface area contributed by atoms with Gasteiger partial charge in [0.05, 0.1) is 11.0 Å². The van der Waals surface area contributed by atoms with E-state index in [1.165, 1.54) is 0 Å². The Labute approximate surface area is 142 Å². The Morgan fingerprint density at radius 1 is 1.25 bits per heavy atom. The smallest absolute Gasteiger partial charge is 0.136 e. The van der Waals surface area contributed by atoms with E-state index >= 15 is 0 Å². The van der Waals surface area contributed by atoms with Gasteiger partial charge in [0.2, 0.25) is 0 Å². The van der Waals surface area contributed by atoms with Crippen LogP contribution in [-0.2, 0) is 12.0 Å². The Hall–Kier alpha value is -1.65. The van der Waals surface area contributed by atoms with Crippen LogP contribution in [-0.4, -0.2) is 28.9 Å². The van der Waals surface area contributed by atoms with E-state index in [4.69, 9.17) is 4.98 Å². The molecule has 24 heavy (non-hydrogen) atoms. The van der Waals surface area contributed by atoms with E-state index in [1.54, 1.807) is 0 Å². The zero-order chi connectivity index (χ0) is 17.5. The lowest BCUT2D eigenvalue weighted by atomic mass is 9.85. The summed E-state index contributed by atoms with van der Waals surface area (Å²) in [5.41, 5.74) is 2.73. The minimum atomic E-state index is -1.37. The quantitative estimate of drug-likeness (QED) is 0.869. The van der Waals surface area contributed by atoms with E-state index in [0.29, 0.717) is 13.0 Å². The second-order valence-electron chi connectivity index (χ2n) is 7.90. The highest BCUT2D eigenvalue weighted by molar-refractivity contribution is 5.80. The molecule has 0 aliphatic heterocycles. The summed E-state index contributed by atoms with van der Waals surface area (Å²) in [6.07, 6.45) is -0.860. The summed E-state index contributed by atoms with van der Waals surface area (Å²) in [6.45, 7) is 6.81. The second-order valence-corrected chi connectivity index (χ2v) is 7.90. The van der Waals surface area contributed by atoms with Crippen molar-refractivity contribution < 1.29 is 8.78 Å². The van der Waals surface area contributed by atoms with Crippen molar-refractivity contribution in [1.82, 2.24) is 9.55 Å². The molecule has 1 aliphatic carbocycles. The maximum atomic E-state index is 14.4. The molecular weight excluding hydrogens is 308 g/mol. The third-order valence-electron chi connectivity index (χ3n) is 4.98. The largest absolute Gasteiger partial charge is 0.388 e. The zero-order valence-electron chi connectivity index (χ0n) is 14.9. The fraction of sp³-hybridized carbons (Fsp3) is 0.632. The Balaban J connectivity index is 2.04. The standard InChI is InChI=1S/C19H27F2N3/c1-19(2,3)18-23-15-10-13(22-4)8-9-16(15)24(18)11-12-6-5-7-14(20)17(12)21/h8-10,12,14,17,22H,5-7,11H2,1-4H3. The van der Waals surface area contributed by atoms with Crippen molar-refractivity contribution >= 4 is 16.7 Å². The fourth-order valence-electron chi connectivity index (χ4n) is 3.66. The third kappa shape index (κ3) is 3.13. The number of imidazole rings is 1. The summed E-state index contributed by atoms with van der Waals surface area (Å²) < 4.78 is 30.3. The van der Waals surface area contributed by atoms with Gasteiger partial charge in [0.1, 0.15) is 18.2 Å². The first-order valence-electron chi connectivity index (χ1n) is 8.78. The fourth-order valence-corrected chi connectivity index (χ4v) is 3.66. The van der Waals surface area contributed by atoms with Crippen LogP contribution in [0.25, 0.3) is 11.0 Å². The molecular formula is C19H27F2N3. The highest BCUT2D eigenvalue weighted by Crippen LogP contribution is 2.34. The lowest BCUT2D eigenvalue weighted by molar-refractivity contribution is 0.0582. The van der Waals surface area contributed by atoms with Gasteiger partial charge in [-0.2, -0.15) is 0 Å². The second kappa shape index (κ2) is 6.34. The molecule has 3 atom stereocenters. The van der Waals surface area contributed by atoms with Gasteiger partial charge in [0.25, 0.3) is 0 Å². The van der Waals surface area contributed by atoms with Gasteiger partial charge in [-0.15, -0.1) is 0 Å². The summed E-state index contributed by atoms with van der Waals surface area (Å²) in [5.74, 6) is 0.648. The molecule has 1 N–H and O–H groups in total. The van der Waals surface area contributed by atoms with Crippen LogP contribution in [0, 0.1) is 5.92 Å². The first-order valence-corrected chi connectivity index (χ1v) is 8.78. The lowest BCUT2D eigenvalue weighted by Crippen LogP contribution is -2.35. The van der Waals surface area contributed by atoms with Crippen LogP contribution in [0.15, 0.2) is 18.2 Å². The minimum absolute atomic E-state index is 0.158. The number of alkyl halides is 2. The van der Waals surface area contributed by atoms with Gasteiger partial charge in [-0.3, -0.25) is 0 Å². The van der Waals surface area contributed by atoms with Crippen LogP contribution >= 0.6 is 0 Å². The number of halogens is 2. The van der Waals surface area contributed by atoms with Crippen molar-refractivity contribution in [3.8, 4) is 0 Å². The molecule has 132 valence electrons. The van der Waals surface area contributed by atoms with E-state index in [-0.39, 0.29) is 11.3 Å². The molecule has 5 heteroatoms. The number of rotatable bonds is 3. The zero-order valence-corrected chi connectivity index (χ0v) is 14.9. The number of hydrogen-bond donors (Lipinski definition) is 1. The molecule has 0 radical (unpaired) electrons. The number of hydrogen-bond acceptors (Lipinski definition) is 2. The van der Waals surface area contributed by atoms with Crippen LogP contribution in [0.4, 0.5) is 14.5 Å². The molecule has 1 saturated carbocycles. The van der Waals surface area contributed by atoms with Crippen LogP contribution in [0.5, 0.6) is 0 Å². The van der Waals surface area contributed by atoms with Crippen LogP contribution in [0.1, 0.15) is 45.9 Å². The molecule has 3 unspecified atom stereocenters. The van der Waals surface area contributed by atoms with Gasteiger partial charge < -0.3 is 9.88 Å². The number of nitrogens with zero attached hydrogens (tertiary/aromatic N) is 2. The molecule has 3 nitrogen and oxygen atoms in total. The summed E-state index contributed by atoms with van der Waals surface area (Å²) >= 11 is 0. The Morgan fingerprint density at radius 2 is 2.00 bits per heavy atom. The normalized spacial score (nSPS) is 25.2. The predicted octanol–water partition coefficient (Wildman–Crippen LogP) is 4.85. The average molecular weight is 335 g/mol. The average Bonchev–Trinajstić information content (AvgIpc) is 2.90. The van der Waals surface area contributed by atoms with Crippen molar-refractivity contribution in [2.45, 2.75) is 64.3 Å². The van der Waals surface area contributed by atoms with E-state index < -0.39 is 12.3 Å². The number of anilines is 1. The molecule has 1 aromatic heterocycles. The highest BCUT2D eigenvalue weighted by Gasteiger charge is 2.35. The van der Waals surface area contributed by atoms with Gasteiger partial charge >= 0.3 is 0 Å². The number of nitrogens with one attached hydrogen (secondary N) is 1. The van der Waals surface area contributed by atoms with Crippen molar-refractivity contribution in [1.29, 1.82) is 0 Å². The summed E-state index contributed by atoms with van der Waals surface area (Å²) in [5, 5.41) is 3.12. The van der Waals surface area contributed by atoms with E-state index in [2.05, 4.69) is 30.7 Å². The maximum absolute atomic E-state index is 14.4. The molecule has 0 saturated heterocycles. The van der Waals surface area contributed by atoms with Gasteiger partial charge in [-0.05, 0) is 37.5 Å². The molecule has 1 heterocycles. The Bertz CT molecular complexity index is 717.